The molecule has 10 heavy (non-hydrogen) atoms. The number of benzene rings is 1. The molecule has 0 atom stereocenters. The van der Waals surface area contributed by atoms with Gasteiger partial charge in [-0.25, -0.2) is 0 Å². The Morgan fingerprint density at radius 1 is 1.50 bits per heavy atom. The van der Waals surface area contributed by atoms with Crippen LogP contribution in [0, 0.1) is 18.4 Å². The lowest BCUT2D eigenvalue weighted by atomic mass is 10.1. The highest BCUT2D eigenvalue weighted by atomic mass is 13.9. The van der Waals surface area contributed by atoms with Gasteiger partial charge in [0, 0.05) is 6.42 Å². The van der Waals surface area contributed by atoms with Crippen molar-refractivity contribution in [2.24, 2.45) is 0 Å². The van der Waals surface area contributed by atoms with Gasteiger partial charge in [0.05, 0.1) is 0 Å². The summed E-state index contributed by atoms with van der Waals surface area (Å²) in [7, 11) is 0. The van der Waals surface area contributed by atoms with Gasteiger partial charge in [0.2, 0.25) is 0 Å². The van der Waals surface area contributed by atoms with Crippen molar-refractivity contribution < 1.29 is 0 Å². The quantitative estimate of drug-likeness (QED) is 0.536. The van der Waals surface area contributed by atoms with Gasteiger partial charge in [-0.2, -0.15) is 0 Å². The molecule has 0 nitrogen and oxygen atoms in total. The molecule has 0 spiro atoms. The predicted octanol–water partition coefficient (Wildman–Crippen LogP) is 2.05. The highest BCUT2D eigenvalue weighted by Gasteiger charge is 1.86. The van der Waals surface area contributed by atoms with Crippen molar-refractivity contribution in [3.05, 3.63) is 35.9 Å². The van der Waals surface area contributed by atoms with Gasteiger partial charge in [0.15, 0.2) is 0 Å². The van der Waals surface area contributed by atoms with Crippen LogP contribution in [-0.2, 0) is 6.42 Å². The maximum Gasteiger partial charge on any atom is 0.0127 e. The Balaban J connectivity index is 2.52. The standard InChI is InChI=1S/C10H9/c1-2-3-7-10-8-5-4-6-9-10/h1,4-6,8H,3,7H2. The van der Waals surface area contributed by atoms with Crippen molar-refractivity contribution in [2.75, 3.05) is 0 Å². The monoisotopic (exact) mass is 129 g/mol. The molecule has 0 saturated heterocycles. The number of hydrogen-bond acceptors (Lipinski definition) is 0. The minimum Gasteiger partial charge on any atom is -0.120 e. The molecule has 0 heterocycles. The second kappa shape index (κ2) is 3.74. The lowest BCUT2D eigenvalue weighted by Crippen LogP contribution is -1.81. The molecule has 0 aliphatic heterocycles. The lowest BCUT2D eigenvalue weighted by Gasteiger charge is -1.92. The normalized spacial score (nSPS) is 8.70. The second-order valence-corrected chi connectivity index (χ2v) is 2.09. The molecule has 1 rings (SSSR count). The summed E-state index contributed by atoms with van der Waals surface area (Å²) in [5.41, 5.74) is 1.19. The van der Waals surface area contributed by atoms with E-state index in [0.29, 0.717) is 0 Å². The van der Waals surface area contributed by atoms with Crippen LogP contribution in [0.4, 0.5) is 0 Å². The van der Waals surface area contributed by atoms with Crippen LogP contribution in [0.15, 0.2) is 24.3 Å². The van der Waals surface area contributed by atoms with Crippen LogP contribution < -0.4 is 0 Å². The van der Waals surface area contributed by atoms with E-state index < -0.39 is 0 Å². The third kappa shape index (κ3) is 1.95. The first-order valence-electron chi connectivity index (χ1n) is 3.32. The Kier molecular flexibility index (Phi) is 2.58. The average molecular weight is 129 g/mol. The molecule has 1 radical (unpaired) electrons. The first-order chi connectivity index (χ1) is 4.93. The maximum absolute atomic E-state index is 5.11. The first kappa shape index (κ1) is 6.89. The van der Waals surface area contributed by atoms with Crippen LogP contribution in [0.25, 0.3) is 0 Å². The van der Waals surface area contributed by atoms with Crippen molar-refractivity contribution in [2.45, 2.75) is 12.8 Å². The van der Waals surface area contributed by atoms with E-state index in [9.17, 15) is 0 Å². The Bertz CT molecular complexity index is 216. The summed E-state index contributed by atoms with van der Waals surface area (Å²) in [4.78, 5) is 0. The third-order valence-electron chi connectivity index (χ3n) is 1.31. The Labute approximate surface area is 61.9 Å². The zero-order valence-corrected chi connectivity index (χ0v) is 5.80. The SMILES string of the molecule is C#CCCc1[c]cccc1. The van der Waals surface area contributed by atoms with Gasteiger partial charge in [-0.05, 0) is 18.1 Å². The van der Waals surface area contributed by atoms with Crippen LogP contribution in [-0.4, -0.2) is 0 Å². The molecule has 0 bridgehead atoms. The molecule has 0 N–H and O–H groups in total. The van der Waals surface area contributed by atoms with Gasteiger partial charge >= 0.3 is 0 Å². The fraction of sp³-hybridized carbons (Fsp3) is 0.200. The highest BCUT2D eigenvalue weighted by molar-refractivity contribution is 5.14. The molecular weight excluding hydrogens is 120 g/mol. The van der Waals surface area contributed by atoms with Gasteiger partial charge in [0.25, 0.3) is 0 Å². The topological polar surface area (TPSA) is 0 Å². The van der Waals surface area contributed by atoms with Crippen molar-refractivity contribution in [1.82, 2.24) is 0 Å². The zero-order valence-electron chi connectivity index (χ0n) is 5.80. The summed E-state index contributed by atoms with van der Waals surface area (Å²) >= 11 is 0. The van der Waals surface area contributed by atoms with Crippen LogP contribution >= 0.6 is 0 Å². The number of hydrogen-bond donors (Lipinski definition) is 0. The Morgan fingerprint density at radius 3 is 3.00 bits per heavy atom. The van der Waals surface area contributed by atoms with Crippen LogP contribution in [0.3, 0.4) is 0 Å². The number of aryl methyl sites for hydroxylation is 1. The van der Waals surface area contributed by atoms with E-state index in [1.54, 1.807) is 0 Å². The molecule has 0 heteroatoms. The van der Waals surface area contributed by atoms with Gasteiger partial charge in [0.1, 0.15) is 0 Å². The average Bonchev–Trinajstić information content (AvgIpc) is 2.03. The molecule has 0 aliphatic carbocycles. The van der Waals surface area contributed by atoms with Crippen molar-refractivity contribution in [1.29, 1.82) is 0 Å². The minimum absolute atomic E-state index is 0.806. The van der Waals surface area contributed by atoms with Crippen LogP contribution in [0.5, 0.6) is 0 Å². The zero-order chi connectivity index (χ0) is 7.23. The largest absolute Gasteiger partial charge is 0.120 e. The fourth-order valence-corrected chi connectivity index (χ4v) is 0.793. The molecule has 0 fully saturated rings. The summed E-state index contributed by atoms with van der Waals surface area (Å²) in [6, 6.07) is 11.0. The number of rotatable bonds is 2. The van der Waals surface area contributed by atoms with Crippen LogP contribution in [0.1, 0.15) is 12.0 Å². The maximum atomic E-state index is 5.11. The van der Waals surface area contributed by atoms with E-state index in [0.717, 1.165) is 12.8 Å². The van der Waals surface area contributed by atoms with Crippen molar-refractivity contribution in [3.8, 4) is 12.3 Å². The van der Waals surface area contributed by atoms with E-state index in [4.69, 9.17) is 6.42 Å². The van der Waals surface area contributed by atoms with Gasteiger partial charge in [-0.1, -0.05) is 24.3 Å². The molecule has 0 saturated carbocycles. The predicted molar refractivity (Wildman–Crippen MR) is 42.4 cm³/mol. The molecule has 1 aromatic rings. The van der Waals surface area contributed by atoms with Gasteiger partial charge in [-0.3, -0.25) is 0 Å². The summed E-state index contributed by atoms with van der Waals surface area (Å²) in [6.07, 6.45) is 6.86. The molecule has 0 aromatic heterocycles. The summed E-state index contributed by atoms with van der Waals surface area (Å²) in [5, 5.41) is 0. The minimum atomic E-state index is 0.806. The molecule has 1 aromatic carbocycles. The van der Waals surface area contributed by atoms with E-state index in [1.807, 2.05) is 24.3 Å². The Hall–Kier alpha value is -1.22. The smallest absolute Gasteiger partial charge is 0.0127 e. The lowest BCUT2D eigenvalue weighted by molar-refractivity contribution is 1.03. The number of terminal acetylenes is 1. The van der Waals surface area contributed by atoms with Crippen molar-refractivity contribution in [3.63, 3.8) is 0 Å². The van der Waals surface area contributed by atoms with Crippen LogP contribution in [0.2, 0.25) is 0 Å². The van der Waals surface area contributed by atoms with Gasteiger partial charge in [-0.15, -0.1) is 12.3 Å². The molecule has 0 aliphatic rings. The van der Waals surface area contributed by atoms with Crippen molar-refractivity contribution >= 4 is 0 Å². The molecule has 49 valence electrons. The van der Waals surface area contributed by atoms with E-state index >= 15 is 0 Å². The highest BCUT2D eigenvalue weighted by Crippen LogP contribution is 1.99. The first-order valence-corrected chi connectivity index (χ1v) is 3.32. The van der Waals surface area contributed by atoms with E-state index in [-0.39, 0.29) is 0 Å². The van der Waals surface area contributed by atoms with Gasteiger partial charge < -0.3 is 0 Å². The Morgan fingerprint density at radius 2 is 2.40 bits per heavy atom. The molecular formula is C10H9. The third-order valence-corrected chi connectivity index (χ3v) is 1.31. The molecule has 0 unspecified atom stereocenters. The second-order valence-electron chi connectivity index (χ2n) is 2.09. The van der Waals surface area contributed by atoms with E-state index in [2.05, 4.69) is 12.0 Å². The summed E-state index contributed by atoms with van der Waals surface area (Å²) < 4.78 is 0. The molecule has 0 amide bonds. The summed E-state index contributed by atoms with van der Waals surface area (Å²) in [5.74, 6) is 2.60. The summed E-state index contributed by atoms with van der Waals surface area (Å²) in [6.45, 7) is 0. The fourth-order valence-electron chi connectivity index (χ4n) is 0.793. The van der Waals surface area contributed by atoms with E-state index in [1.165, 1.54) is 5.56 Å².